The van der Waals surface area contributed by atoms with Crippen LogP contribution < -0.4 is 5.32 Å². The lowest BCUT2D eigenvalue weighted by Crippen LogP contribution is -2.14. The molecule has 0 spiro atoms. The zero-order chi connectivity index (χ0) is 12.3. The number of carbonyl (C=O) groups excluding carboxylic acids is 1. The number of carbonyl (C=O) groups is 1. The number of rotatable bonds is 3. The molecule has 17 heavy (non-hydrogen) atoms. The molecular weight excluding hydrogens is 221 g/mol. The average molecular weight is 233 g/mol. The first kappa shape index (κ1) is 11.3. The molecule has 0 fully saturated rings. The molecule has 4 nitrogen and oxygen atoms in total. The number of anilines is 1. The summed E-state index contributed by atoms with van der Waals surface area (Å²) >= 11 is 0. The van der Waals surface area contributed by atoms with Crippen molar-refractivity contribution in [2.24, 2.45) is 0 Å². The summed E-state index contributed by atoms with van der Waals surface area (Å²) in [5, 5.41) is 6.51. The van der Waals surface area contributed by atoms with Gasteiger partial charge in [-0.2, -0.15) is 5.10 Å². The van der Waals surface area contributed by atoms with Crippen LogP contribution in [0.15, 0.2) is 36.5 Å². The van der Waals surface area contributed by atoms with Crippen LogP contribution in [0.5, 0.6) is 0 Å². The van der Waals surface area contributed by atoms with E-state index in [0.29, 0.717) is 6.54 Å². The molecule has 0 saturated carbocycles. The molecule has 2 aromatic rings. The number of hydrogen-bond acceptors (Lipinski definition) is 2. The van der Waals surface area contributed by atoms with Gasteiger partial charge in [0.05, 0.1) is 5.69 Å². The van der Waals surface area contributed by atoms with Gasteiger partial charge >= 0.3 is 0 Å². The fourth-order valence-corrected chi connectivity index (χ4v) is 1.41. The van der Waals surface area contributed by atoms with Crippen LogP contribution in [-0.4, -0.2) is 15.7 Å². The van der Waals surface area contributed by atoms with Gasteiger partial charge in [-0.3, -0.25) is 9.48 Å². The monoisotopic (exact) mass is 233 g/mol. The number of nitrogens with zero attached hydrogens (tertiary/aromatic N) is 2. The first-order chi connectivity index (χ1) is 8.20. The van der Waals surface area contributed by atoms with E-state index in [2.05, 4.69) is 10.4 Å². The van der Waals surface area contributed by atoms with E-state index in [4.69, 9.17) is 0 Å². The number of hydrogen-bond donors (Lipinski definition) is 1. The molecule has 0 aliphatic heterocycles. The summed E-state index contributed by atoms with van der Waals surface area (Å²) in [5.74, 6) is -0.877. The van der Waals surface area contributed by atoms with Gasteiger partial charge in [0.15, 0.2) is 5.69 Å². The van der Waals surface area contributed by atoms with Crippen molar-refractivity contribution in [3.8, 4) is 0 Å². The molecule has 0 radical (unpaired) electrons. The maximum atomic E-state index is 13.3. The van der Waals surface area contributed by atoms with Gasteiger partial charge < -0.3 is 5.32 Å². The maximum absolute atomic E-state index is 13.3. The molecule has 1 aromatic carbocycles. The molecule has 0 bridgehead atoms. The van der Waals surface area contributed by atoms with Crippen molar-refractivity contribution >= 4 is 11.6 Å². The van der Waals surface area contributed by atoms with Gasteiger partial charge in [-0.15, -0.1) is 0 Å². The molecule has 0 atom stereocenters. The quantitative estimate of drug-likeness (QED) is 0.884. The van der Waals surface area contributed by atoms with Crippen LogP contribution in [0.4, 0.5) is 10.1 Å². The van der Waals surface area contributed by atoms with Crippen LogP contribution in [0, 0.1) is 5.82 Å². The van der Waals surface area contributed by atoms with Crippen molar-refractivity contribution in [1.29, 1.82) is 0 Å². The van der Waals surface area contributed by atoms with Crippen molar-refractivity contribution in [2.45, 2.75) is 13.5 Å². The summed E-state index contributed by atoms with van der Waals surface area (Å²) in [7, 11) is 0. The third-order valence-corrected chi connectivity index (χ3v) is 2.32. The van der Waals surface area contributed by atoms with Crippen molar-refractivity contribution < 1.29 is 9.18 Å². The molecule has 1 N–H and O–H groups in total. The Labute approximate surface area is 98.1 Å². The Morgan fingerprint density at radius 2 is 2.18 bits per heavy atom. The maximum Gasteiger partial charge on any atom is 0.276 e. The van der Waals surface area contributed by atoms with E-state index in [9.17, 15) is 9.18 Å². The summed E-state index contributed by atoms with van der Waals surface area (Å²) < 4.78 is 14.9. The van der Waals surface area contributed by atoms with Crippen LogP contribution in [-0.2, 0) is 6.54 Å². The average Bonchev–Trinajstić information content (AvgIpc) is 2.81. The molecule has 2 rings (SSSR count). The van der Waals surface area contributed by atoms with Crippen LogP contribution >= 0.6 is 0 Å². The first-order valence-corrected chi connectivity index (χ1v) is 5.30. The highest BCUT2D eigenvalue weighted by atomic mass is 19.1. The molecule has 0 unspecified atom stereocenters. The molecule has 1 heterocycles. The Bertz CT molecular complexity index is 536. The van der Waals surface area contributed by atoms with Gasteiger partial charge in [0.25, 0.3) is 5.91 Å². The zero-order valence-electron chi connectivity index (χ0n) is 9.35. The minimum absolute atomic E-state index is 0.156. The normalized spacial score (nSPS) is 10.2. The Morgan fingerprint density at radius 3 is 2.82 bits per heavy atom. The van der Waals surface area contributed by atoms with Gasteiger partial charge in [0, 0.05) is 12.7 Å². The fourth-order valence-electron chi connectivity index (χ4n) is 1.41. The fraction of sp³-hybridized carbons (Fsp3) is 0.167. The largest absolute Gasteiger partial charge is 0.318 e. The number of halogens is 1. The summed E-state index contributed by atoms with van der Waals surface area (Å²) in [6.07, 6.45) is 1.70. The van der Waals surface area contributed by atoms with Gasteiger partial charge in [-0.05, 0) is 25.1 Å². The Hall–Kier alpha value is -2.17. The smallest absolute Gasteiger partial charge is 0.276 e. The molecule has 0 aliphatic carbocycles. The second kappa shape index (κ2) is 4.78. The standard InChI is InChI=1S/C12H12FN3O/c1-2-16-8-7-11(15-16)12(17)14-10-6-4-3-5-9(10)13/h3-8H,2H2,1H3,(H,14,17). The Morgan fingerprint density at radius 1 is 1.41 bits per heavy atom. The Balaban J connectivity index is 2.14. The van der Waals surface area contributed by atoms with Crippen molar-refractivity contribution in [2.75, 3.05) is 5.32 Å². The third kappa shape index (κ3) is 2.50. The van der Waals surface area contributed by atoms with Gasteiger partial charge in [-0.1, -0.05) is 12.1 Å². The van der Waals surface area contributed by atoms with Gasteiger partial charge in [0.2, 0.25) is 0 Å². The number of nitrogens with one attached hydrogen (secondary N) is 1. The second-order valence-electron chi connectivity index (χ2n) is 3.49. The number of benzene rings is 1. The third-order valence-electron chi connectivity index (χ3n) is 2.32. The van der Waals surface area contributed by atoms with Crippen LogP contribution in [0.3, 0.4) is 0 Å². The molecule has 88 valence electrons. The van der Waals surface area contributed by atoms with E-state index in [1.807, 2.05) is 6.92 Å². The predicted molar refractivity (Wildman–Crippen MR) is 62.3 cm³/mol. The molecule has 1 amide bonds. The highest BCUT2D eigenvalue weighted by molar-refractivity contribution is 6.02. The number of aryl methyl sites for hydroxylation is 1. The summed E-state index contributed by atoms with van der Waals surface area (Å²) in [6, 6.07) is 7.62. The molecule has 5 heteroatoms. The van der Waals surface area contributed by atoms with E-state index in [1.165, 1.54) is 12.1 Å². The molecular formula is C12H12FN3O. The lowest BCUT2D eigenvalue weighted by molar-refractivity contribution is 0.102. The summed E-state index contributed by atoms with van der Waals surface area (Å²) in [4.78, 5) is 11.7. The van der Waals surface area contributed by atoms with E-state index < -0.39 is 11.7 Å². The first-order valence-electron chi connectivity index (χ1n) is 5.30. The van der Waals surface area contributed by atoms with Crippen molar-refractivity contribution in [3.63, 3.8) is 0 Å². The van der Waals surface area contributed by atoms with Crippen LogP contribution in [0.25, 0.3) is 0 Å². The topological polar surface area (TPSA) is 46.9 Å². The van der Waals surface area contributed by atoms with Crippen LogP contribution in [0.2, 0.25) is 0 Å². The van der Waals surface area contributed by atoms with Crippen molar-refractivity contribution in [1.82, 2.24) is 9.78 Å². The predicted octanol–water partition coefficient (Wildman–Crippen LogP) is 2.29. The number of amides is 1. The molecule has 1 aromatic heterocycles. The summed E-state index contributed by atoms with van der Waals surface area (Å²) in [5.41, 5.74) is 0.429. The van der Waals surface area contributed by atoms with E-state index >= 15 is 0 Å². The zero-order valence-corrected chi connectivity index (χ0v) is 9.35. The molecule has 0 aliphatic rings. The van der Waals surface area contributed by atoms with E-state index in [-0.39, 0.29) is 11.4 Å². The highest BCUT2D eigenvalue weighted by Crippen LogP contribution is 2.13. The van der Waals surface area contributed by atoms with E-state index in [1.54, 1.807) is 29.1 Å². The minimum Gasteiger partial charge on any atom is -0.318 e. The SMILES string of the molecule is CCn1ccc(C(=O)Nc2ccccc2F)n1. The minimum atomic E-state index is -0.462. The summed E-state index contributed by atoms with van der Waals surface area (Å²) in [6.45, 7) is 2.61. The van der Waals surface area contributed by atoms with Crippen molar-refractivity contribution in [3.05, 3.63) is 48.0 Å². The lowest BCUT2D eigenvalue weighted by atomic mass is 10.3. The van der Waals surface area contributed by atoms with Gasteiger partial charge in [0.1, 0.15) is 5.82 Å². The van der Waals surface area contributed by atoms with E-state index in [0.717, 1.165) is 0 Å². The lowest BCUT2D eigenvalue weighted by Gasteiger charge is -2.03. The number of para-hydroxylation sites is 1. The highest BCUT2D eigenvalue weighted by Gasteiger charge is 2.11. The second-order valence-corrected chi connectivity index (χ2v) is 3.49. The van der Waals surface area contributed by atoms with Crippen LogP contribution in [0.1, 0.15) is 17.4 Å². The number of aromatic nitrogens is 2. The Kier molecular flexibility index (Phi) is 3.18. The van der Waals surface area contributed by atoms with Gasteiger partial charge in [-0.25, -0.2) is 4.39 Å². The molecule has 0 saturated heterocycles.